The lowest BCUT2D eigenvalue weighted by Crippen LogP contribution is -2.25. The van der Waals surface area contributed by atoms with Gasteiger partial charge in [0.15, 0.2) is 0 Å². The van der Waals surface area contributed by atoms with Crippen molar-refractivity contribution in [2.75, 3.05) is 46.9 Å². The fraction of sp³-hybridized carbons (Fsp3) is 0.391. The molecule has 0 amide bonds. The molecule has 2 rings (SSSR count). The van der Waals surface area contributed by atoms with E-state index in [0.717, 1.165) is 38.3 Å². The van der Waals surface area contributed by atoms with E-state index in [9.17, 15) is 5.11 Å². The number of nitrogens with zero attached hydrogens (tertiary/aromatic N) is 2. The van der Waals surface area contributed by atoms with Crippen LogP contribution in [0, 0.1) is 0 Å². The van der Waals surface area contributed by atoms with Gasteiger partial charge in [0.2, 0.25) is 0 Å². The predicted molar refractivity (Wildman–Crippen MR) is 113 cm³/mol. The Morgan fingerprint density at radius 3 is 2.37 bits per heavy atom. The van der Waals surface area contributed by atoms with Crippen LogP contribution in [0.5, 0.6) is 5.75 Å². The average Bonchev–Trinajstić information content (AvgIpc) is 2.68. The van der Waals surface area contributed by atoms with Crippen LogP contribution in [-0.4, -0.2) is 61.8 Å². The summed E-state index contributed by atoms with van der Waals surface area (Å²) in [6.07, 6.45) is 5.12. The standard InChI is InChI=1S/C23H32N2O2/c1-24(2)17-19-27-23-13-11-22(12-14-23)20-25(16-7-18-26)15-6-10-21-8-4-3-5-9-21/h3-6,8-14,26H,7,15-20H2,1-2H3. The molecule has 0 aliphatic heterocycles. The van der Waals surface area contributed by atoms with Gasteiger partial charge >= 0.3 is 0 Å². The zero-order valence-corrected chi connectivity index (χ0v) is 16.6. The highest BCUT2D eigenvalue weighted by molar-refractivity contribution is 5.48. The SMILES string of the molecule is CN(C)CCOc1ccc(CN(CC=Cc2ccccc2)CCCO)cc1. The highest BCUT2D eigenvalue weighted by atomic mass is 16.5. The number of ether oxygens (including phenoxy) is 1. The smallest absolute Gasteiger partial charge is 0.119 e. The summed E-state index contributed by atoms with van der Waals surface area (Å²) in [5.41, 5.74) is 2.46. The van der Waals surface area contributed by atoms with Crippen molar-refractivity contribution in [1.29, 1.82) is 0 Å². The van der Waals surface area contributed by atoms with E-state index in [4.69, 9.17) is 4.74 Å². The van der Waals surface area contributed by atoms with Crippen LogP contribution in [-0.2, 0) is 6.54 Å². The van der Waals surface area contributed by atoms with Crippen LogP contribution >= 0.6 is 0 Å². The molecule has 0 radical (unpaired) electrons. The zero-order valence-electron chi connectivity index (χ0n) is 16.6. The fourth-order valence-electron chi connectivity index (χ4n) is 2.73. The summed E-state index contributed by atoms with van der Waals surface area (Å²) in [4.78, 5) is 4.45. The lowest BCUT2D eigenvalue weighted by Gasteiger charge is -2.20. The number of likely N-dealkylation sites (N-methyl/N-ethyl adjacent to an activating group) is 1. The molecule has 27 heavy (non-hydrogen) atoms. The van der Waals surface area contributed by atoms with Crippen LogP contribution in [0.4, 0.5) is 0 Å². The quantitative estimate of drug-likeness (QED) is 0.622. The van der Waals surface area contributed by atoms with Gasteiger partial charge in [0.1, 0.15) is 12.4 Å². The number of aliphatic hydroxyl groups is 1. The Morgan fingerprint density at radius 2 is 1.70 bits per heavy atom. The molecular formula is C23H32N2O2. The molecule has 4 nitrogen and oxygen atoms in total. The molecule has 146 valence electrons. The summed E-state index contributed by atoms with van der Waals surface area (Å²) in [5, 5.41) is 9.18. The lowest BCUT2D eigenvalue weighted by molar-refractivity contribution is 0.232. The second kappa shape index (κ2) is 12.3. The maximum Gasteiger partial charge on any atom is 0.119 e. The summed E-state index contributed by atoms with van der Waals surface area (Å²) < 4.78 is 5.76. The largest absolute Gasteiger partial charge is 0.492 e. The number of hydrogen-bond donors (Lipinski definition) is 1. The molecule has 0 unspecified atom stereocenters. The maximum atomic E-state index is 9.18. The van der Waals surface area contributed by atoms with Crippen molar-refractivity contribution in [3.8, 4) is 5.75 Å². The maximum absolute atomic E-state index is 9.18. The van der Waals surface area contributed by atoms with Crippen LogP contribution in [0.3, 0.4) is 0 Å². The molecule has 4 heteroatoms. The van der Waals surface area contributed by atoms with E-state index < -0.39 is 0 Å². The van der Waals surface area contributed by atoms with Gasteiger partial charge in [-0.15, -0.1) is 0 Å². The van der Waals surface area contributed by atoms with Gasteiger partial charge in [0, 0.05) is 32.8 Å². The Labute approximate surface area is 163 Å². The summed E-state index contributed by atoms with van der Waals surface area (Å²) in [5.74, 6) is 0.909. The minimum absolute atomic E-state index is 0.220. The van der Waals surface area contributed by atoms with Gasteiger partial charge in [-0.25, -0.2) is 0 Å². The fourth-order valence-corrected chi connectivity index (χ4v) is 2.73. The molecule has 0 saturated carbocycles. The first-order chi connectivity index (χ1) is 13.2. The molecule has 1 N–H and O–H groups in total. The number of hydrogen-bond acceptors (Lipinski definition) is 4. The molecule has 0 saturated heterocycles. The van der Waals surface area contributed by atoms with Gasteiger partial charge in [-0.1, -0.05) is 54.6 Å². The Balaban J connectivity index is 1.87. The second-order valence-corrected chi connectivity index (χ2v) is 6.92. The molecule has 0 fully saturated rings. The summed E-state index contributed by atoms with van der Waals surface area (Å²) in [6.45, 7) is 4.41. The highest BCUT2D eigenvalue weighted by Gasteiger charge is 2.05. The molecule has 0 atom stereocenters. The van der Waals surface area contributed by atoms with E-state index in [1.165, 1.54) is 11.1 Å². The van der Waals surface area contributed by atoms with E-state index >= 15 is 0 Å². The molecule has 0 heterocycles. The minimum Gasteiger partial charge on any atom is -0.492 e. The van der Waals surface area contributed by atoms with Gasteiger partial charge in [-0.3, -0.25) is 4.90 Å². The molecule has 0 aliphatic carbocycles. The van der Waals surface area contributed by atoms with Crippen molar-refractivity contribution in [3.05, 3.63) is 71.8 Å². The van der Waals surface area contributed by atoms with Gasteiger partial charge in [-0.05, 0) is 43.8 Å². The third-order valence-corrected chi connectivity index (χ3v) is 4.24. The first kappa shape index (κ1) is 21.2. The first-order valence-corrected chi connectivity index (χ1v) is 9.58. The number of benzene rings is 2. The predicted octanol–water partition coefficient (Wildman–Crippen LogP) is 3.52. The van der Waals surface area contributed by atoms with E-state index in [0.29, 0.717) is 6.61 Å². The van der Waals surface area contributed by atoms with Crippen molar-refractivity contribution < 1.29 is 9.84 Å². The molecule has 0 aliphatic rings. The first-order valence-electron chi connectivity index (χ1n) is 9.58. The van der Waals surface area contributed by atoms with Crippen LogP contribution in [0.1, 0.15) is 17.5 Å². The van der Waals surface area contributed by atoms with Crippen LogP contribution in [0.2, 0.25) is 0 Å². The van der Waals surface area contributed by atoms with Crippen LogP contribution in [0.25, 0.3) is 6.08 Å². The number of rotatable bonds is 12. The average molecular weight is 369 g/mol. The van der Waals surface area contributed by atoms with E-state index in [1.54, 1.807) is 0 Å². The normalized spacial score (nSPS) is 11.6. The molecule has 2 aromatic carbocycles. The second-order valence-electron chi connectivity index (χ2n) is 6.92. The van der Waals surface area contributed by atoms with Crippen LogP contribution < -0.4 is 4.74 Å². The zero-order chi connectivity index (χ0) is 19.3. The number of aliphatic hydroxyl groups excluding tert-OH is 1. The van der Waals surface area contributed by atoms with E-state index in [2.05, 4.69) is 46.2 Å². The molecular weight excluding hydrogens is 336 g/mol. The Bertz CT molecular complexity index is 654. The third kappa shape index (κ3) is 8.87. The Morgan fingerprint density at radius 1 is 0.963 bits per heavy atom. The van der Waals surface area contributed by atoms with Gasteiger partial charge in [0.25, 0.3) is 0 Å². The van der Waals surface area contributed by atoms with Gasteiger partial charge in [-0.2, -0.15) is 0 Å². The molecule has 0 aromatic heterocycles. The van der Waals surface area contributed by atoms with Gasteiger partial charge in [0.05, 0.1) is 0 Å². The Hall–Kier alpha value is -2.14. The van der Waals surface area contributed by atoms with E-state index in [-0.39, 0.29) is 6.61 Å². The van der Waals surface area contributed by atoms with Crippen molar-refractivity contribution >= 4 is 6.08 Å². The van der Waals surface area contributed by atoms with Crippen molar-refractivity contribution in [2.24, 2.45) is 0 Å². The van der Waals surface area contributed by atoms with Crippen LogP contribution in [0.15, 0.2) is 60.7 Å². The van der Waals surface area contributed by atoms with Crippen molar-refractivity contribution in [2.45, 2.75) is 13.0 Å². The highest BCUT2D eigenvalue weighted by Crippen LogP contribution is 2.14. The summed E-state index contributed by atoms with van der Waals surface area (Å²) >= 11 is 0. The minimum atomic E-state index is 0.220. The van der Waals surface area contributed by atoms with E-state index in [1.807, 2.05) is 44.4 Å². The lowest BCUT2D eigenvalue weighted by atomic mass is 10.2. The Kier molecular flexibility index (Phi) is 9.63. The summed E-state index contributed by atoms with van der Waals surface area (Å²) in [6, 6.07) is 18.6. The van der Waals surface area contributed by atoms with Gasteiger partial charge < -0.3 is 14.7 Å². The monoisotopic (exact) mass is 368 g/mol. The third-order valence-electron chi connectivity index (χ3n) is 4.24. The molecule has 2 aromatic rings. The topological polar surface area (TPSA) is 35.9 Å². The molecule has 0 bridgehead atoms. The van der Waals surface area contributed by atoms with Crippen molar-refractivity contribution in [1.82, 2.24) is 9.80 Å². The van der Waals surface area contributed by atoms with Crippen molar-refractivity contribution in [3.63, 3.8) is 0 Å². The molecule has 0 spiro atoms. The summed E-state index contributed by atoms with van der Waals surface area (Å²) in [7, 11) is 4.08.